The molecule has 0 fully saturated rings. The number of furan rings is 2. The van der Waals surface area contributed by atoms with E-state index in [9.17, 15) is 0 Å². The van der Waals surface area contributed by atoms with Crippen LogP contribution in [0.1, 0.15) is 18.4 Å². The summed E-state index contributed by atoms with van der Waals surface area (Å²) in [7, 11) is 0. The van der Waals surface area contributed by atoms with Gasteiger partial charge in [0.25, 0.3) is 6.71 Å². The molecule has 0 radical (unpaired) electrons. The fraction of sp³-hybridized carbons (Fsp3) is 0.171. The molecule has 6 heterocycles. The highest BCUT2D eigenvalue weighted by molar-refractivity contribution is 7.02. The molecule has 0 saturated carbocycles. The molecule has 0 atom stereocenters. The minimum atomic E-state index is -0.161. The predicted molar refractivity (Wildman–Crippen MR) is 196 cm³/mol. The minimum absolute atomic E-state index is 0.161. The van der Waals surface area contributed by atoms with Crippen LogP contribution in [0, 0.1) is 6.92 Å². The molecule has 8 nitrogen and oxygen atoms in total. The van der Waals surface area contributed by atoms with Crippen LogP contribution in [0.2, 0.25) is 0 Å². The lowest BCUT2D eigenvalue weighted by molar-refractivity contribution is 0.296. The Kier molecular flexibility index (Phi) is 5.88. The highest BCUT2D eigenvalue weighted by atomic mass is 16.5. The van der Waals surface area contributed by atoms with Gasteiger partial charge in [0.2, 0.25) is 11.8 Å². The maximum absolute atomic E-state index is 6.89. The summed E-state index contributed by atoms with van der Waals surface area (Å²) in [5.41, 5.74) is 10.1. The molecule has 7 aromatic rings. The summed E-state index contributed by atoms with van der Waals surface area (Å²) < 4.78 is 38.3. The second-order valence-electron chi connectivity index (χ2n) is 13.3. The van der Waals surface area contributed by atoms with Crippen LogP contribution in [0.3, 0.4) is 0 Å². The average molecular weight is 659 g/mol. The van der Waals surface area contributed by atoms with E-state index in [1.807, 2.05) is 24.3 Å². The van der Waals surface area contributed by atoms with Gasteiger partial charge in [0.1, 0.15) is 11.2 Å². The Morgan fingerprint density at radius 1 is 0.500 bits per heavy atom. The normalized spacial score (nSPS) is 15.7. The molecule has 5 aromatic carbocycles. The third kappa shape index (κ3) is 3.94. The lowest BCUT2D eigenvalue weighted by atomic mass is 9.33. The maximum atomic E-state index is 6.89. The van der Waals surface area contributed by atoms with E-state index in [4.69, 9.17) is 27.8 Å². The first kappa shape index (κ1) is 27.9. The topological polar surface area (TPSA) is 69.7 Å². The standard InChI is InChI=1S/C41H31BN2O6/c1-24-20-29-39-30(21-24)44(26-13-15-34-36(23-26)48-19-7-17-46-34)41-38(28-9-3-5-11-32(28)50-41)42(39)37-27-8-2-4-10-31(27)49-40(37)43(29)25-12-14-33-35(22-25)47-18-6-16-45-33/h2-5,8-15,20-23H,6-7,16-19H2,1H3. The third-order valence-corrected chi connectivity index (χ3v) is 10.2. The van der Waals surface area contributed by atoms with Gasteiger partial charge in [0, 0.05) is 58.0 Å². The molecule has 2 aromatic heterocycles. The molecule has 0 aliphatic carbocycles. The first-order chi connectivity index (χ1) is 24.7. The molecule has 9 heteroatoms. The van der Waals surface area contributed by atoms with Gasteiger partial charge in [-0.05, 0) is 66.5 Å². The van der Waals surface area contributed by atoms with E-state index in [0.717, 1.165) is 109 Å². The smallest absolute Gasteiger partial charge is 0.262 e. The summed E-state index contributed by atoms with van der Waals surface area (Å²) in [6.07, 6.45) is 1.68. The predicted octanol–water partition coefficient (Wildman–Crippen LogP) is 7.89. The SMILES string of the molecule is Cc1cc2c3c(c1)N(c1ccc4c(c1)OCCCO4)c1oc4ccccc4c1B3c1c(oc3ccccc13)N2c1ccc2c(c1)OCCCO2. The number of rotatable bonds is 2. The van der Waals surface area contributed by atoms with Gasteiger partial charge in [0.05, 0.1) is 37.8 Å². The van der Waals surface area contributed by atoms with E-state index in [1.54, 1.807) is 0 Å². The van der Waals surface area contributed by atoms with Crippen molar-refractivity contribution in [1.82, 2.24) is 0 Å². The molecule has 50 heavy (non-hydrogen) atoms. The van der Waals surface area contributed by atoms with Gasteiger partial charge in [0.15, 0.2) is 23.0 Å². The first-order valence-electron chi connectivity index (χ1n) is 17.3. The zero-order chi connectivity index (χ0) is 32.9. The van der Waals surface area contributed by atoms with Gasteiger partial charge in [-0.25, -0.2) is 0 Å². The summed E-state index contributed by atoms with van der Waals surface area (Å²) in [4.78, 5) is 4.51. The van der Waals surface area contributed by atoms with Crippen molar-refractivity contribution in [2.45, 2.75) is 19.8 Å². The van der Waals surface area contributed by atoms with E-state index in [1.165, 1.54) is 5.46 Å². The van der Waals surface area contributed by atoms with Crippen LogP contribution >= 0.6 is 0 Å². The van der Waals surface area contributed by atoms with Gasteiger partial charge >= 0.3 is 0 Å². The van der Waals surface area contributed by atoms with Gasteiger partial charge in [-0.2, -0.15) is 0 Å². The molecule has 244 valence electrons. The van der Waals surface area contributed by atoms with Crippen LogP contribution in [0.25, 0.3) is 21.9 Å². The van der Waals surface area contributed by atoms with Crippen LogP contribution in [-0.4, -0.2) is 33.1 Å². The van der Waals surface area contributed by atoms with Crippen molar-refractivity contribution in [3.63, 3.8) is 0 Å². The Balaban J connectivity index is 1.23. The van der Waals surface area contributed by atoms with Crippen LogP contribution < -0.4 is 45.1 Å². The van der Waals surface area contributed by atoms with Crippen molar-refractivity contribution >= 4 is 79.6 Å². The quantitative estimate of drug-likeness (QED) is 0.174. The highest BCUT2D eigenvalue weighted by Gasteiger charge is 2.49. The molecule has 4 aliphatic rings. The molecule has 4 aliphatic heterocycles. The molecule has 0 unspecified atom stereocenters. The molecule has 0 amide bonds. The number of hydrogen-bond acceptors (Lipinski definition) is 8. The Labute approximate surface area is 288 Å². The Morgan fingerprint density at radius 3 is 1.46 bits per heavy atom. The van der Waals surface area contributed by atoms with E-state index in [0.29, 0.717) is 26.4 Å². The van der Waals surface area contributed by atoms with Gasteiger partial charge in [-0.3, -0.25) is 9.80 Å². The van der Waals surface area contributed by atoms with Crippen LogP contribution in [0.15, 0.2) is 106 Å². The molecule has 0 spiro atoms. The van der Waals surface area contributed by atoms with Gasteiger partial charge < -0.3 is 27.8 Å². The number of ether oxygens (including phenoxy) is 4. The third-order valence-electron chi connectivity index (χ3n) is 10.2. The monoisotopic (exact) mass is 658 g/mol. The van der Waals surface area contributed by atoms with Crippen molar-refractivity contribution in [3.8, 4) is 23.0 Å². The van der Waals surface area contributed by atoms with Crippen LogP contribution in [0.4, 0.5) is 34.5 Å². The Hall–Kier alpha value is -5.96. The number of para-hydroxylation sites is 2. The van der Waals surface area contributed by atoms with E-state index in [-0.39, 0.29) is 6.71 Å². The van der Waals surface area contributed by atoms with E-state index >= 15 is 0 Å². The van der Waals surface area contributed by atoms with E-state index in [2.05, 4.69) is 89.5 Å². The Morgan fingerprint density at radius 2 is 0.960 bits per heavy atom. The van der Waals surface area contributed by atoms with Crippen molar-refractivity contribution < 1.29 is 27.8 Å². The molecule has 0 bridgehead atoms. The lowest BCUT2D eigenvalue weighted by Crippen LogP contribution is -2.60. The first-order valence-corrected chi connectivity index (χ1v) is 17.3. The average Bonchev–Trinajstić information content (AvgIpc) is 3.49. The lowest BCUT2D eigenvalue weighted by Gasteiger charge is -2.40. The van der Waals surface area contributed by atoms with Crippen molar-refractivity contribution in [2.75, 3.05) is 36.2 Å². The maximum Gasteiger partial charge on any atom is 0.262 e. The zero-order valence-electron chi connectivity index (χ0n) is 27.4. The second kappa shape index (κ2) is 10.5. The molecular weight excluding hydrogens is 627 g/mol. The molecular formula is C41H31BN2O6. The fourth-order valence-electron chi connectivity index (χ4n) is 8.17. The van der Waals surface area contributed by atoms with Gasteiger partial charge in [-0.1, -0.05) is 36.4 Å². The number of aryl methyl sites for hydroxylation is 1. The van der Waals surface area contributed by atoms with E-state index < -0.39 is 0 Å². The zero-order valence-corrected chi connectivity index (χ0v) is 27.4. The summed E-state index contributed by atoms with van der Waals surface area (Å²) >= 11 is 0. The number of hydrogen-bond donors (Lipinski definition) is 0. The van der Waals surface area contributed by atoms with Crippen molar-refractivity contribution in [3.05, 3.63) is 103 Å². The molecule has 0 N–H and O–H groups in total. The second-order valence-corrected chi connectivity index (χ2v) is 13.3. The Bertz CT molecular complexity index is 2350. The van der Waals surface area contributed by atoms with Crippen LogP contribution in [-0.2, 0) is 0 Å². The minimum Gasteiger partial charge on any atom is -0.490 e. The summed E-state index contributed by atoms with van der Waals surface area (Å²) in [5, 5.41) is 2.15. The van der Waals surface area contributed by atoms with Crippen molar-refractivity contribution in [2.24, 2.45) is 0 Å². The fourth-order valence-corrected chi connectivity index (χ4v) is 8.17. The number of anilines is 6. The van der Waals surface area contributed by atoms with Crippen LogP contribution in [0.5, 0.6) is 23.0 Å². The van der Waals surface area contributed by atoms with Crippen molar-refractivity contribution in [1.29, 1.82) is 0 Å². The number of nitrogens with zero attached hydrogens (tertiary/aromatic N) is 2. The molecule has 0 saturated heterocycles. The number of fused-ring (bicyclic) bond motifs is 10. The molecule has 11 rings (SSSR count). The number of benzene rings is 5. The summed E-state index contributed by atoms with van der Waals surface area (Å²) in [6.45, 7) is 4.46. The highest BCUT2D eigenvalue weighted by Crippen LogP contribution is 2.49. The summed E-state index contributed by atoms with van der Waals surface area (Å²) in [5.74, 6) is 4.56. The largest absolute Gasteiger partial charge is 0.490 e. The summed E-state index contributed by atoms with van der Waals surface area (Å²) in [6, 6.07) is 33.6. The van der Waals surface area contributed by atoms with Gasteiger partial charge in [-0.15, -0.1) is 0 Å².